The number of carbonyl (C=O) groups is 2. The van der Waals surface area contributed by atoms with Crippen molar-refractivity contribution in [3.8, 4) is 0 Å². The normalized spacial score (nSPS) is 13.3. The number of nitrogens with zero attached hydrogens (tertiary/aromatic N) is 2. The van der Waals surface area contributed by atoms with Crippen molar-refractivity contribution in [1.29, 1.82) is 0 Å². The summed E-state index contributed by atoms with van der Waals surface area (Å²) in [6, 6.07) is 10.7. The van der Waals surface area contributed by atoms with Gasteiger partial charge in [-0.3, -0.25) is 9.69 Å². The molecule has 3 N–H and O–H groups in total. The Morgan fingerprint density at radius 1 is 1.23 bits per heavy atom. The van der Waals surface area contributed by atoms with E-state index in [0.717, 1.165) is 11.1 Å². The van der Waals surface area contributed by atoms with Crippen LogP contribution in [0, 0.1) is 0 Å². The Hall–Kier alpha value is -2.93. The predicted octanol–water partition coefficient (Wildman–Crippen LogP) is 3.08. The highest BCUT2D eigenvalue weighted by Gasteiger charge is 2.31. The van der Waals surface area contributed by atoms with Crippen LogP contribution >= 0.6 is 11.3 Å². The van der Waals surface area contributed by atoms with Gasteiger partial charge in [0.05, 0.1) is 22.4 Å². The lowest BCUT2D eigenvalue weighted by atomic mass is 10.1. The van der Waals surface area contributed by atoms with E-state index in [1.807, 2.05) is 30.3 Å². The molecule has 108 valence electrons. The summed E-state index contributed by atoms with van der Waals surface area (Å²) in [5.74, 6) is -0.572. The molecule has 1 aliphatic heterocycles. The van der Waals surface area contributed by atoms with Crippen LogP contribution in [0.5, 0.6) is 0 Å². The number of pyridine rings is 1. The molecule has 3 heterocycles. The smallest absolute Gasteiger partial charge is 0.331 e. The fourth-order valence-electron chi connectivity index (χ4n) is 2.59. The van der Waals surface area contributed by atoms with Crippen molar-refractivity contribution in [2.24, 2.45) is 5.73 Å². The van der Waals surface area contributed by atoms with Gasteiger partial charge >= 0.3 is 6.03 Å². The van der Waals surface area contributed by atoms with Crippen molar-refractivity contribution in [1.82, 2.24) is 4.98 Å². The minimum absolute atomic E-state index is 0.316. The molecule has 7 heteroatoms. The lowest BCUT2D eigenvalue weighted by Gasteiger charge is -2.28. The van der Waals surface area contributed by atoms with Gasteiger partial charge in [-0.25, -0.2) is 9.78 Å². The van der Waals surface area contributed by atoms with E-state index >= 15 is 0 Å². The second kappa shape index (κ2) is 4.54. The SMILES string of the molecule is NC(=O)c1sc2nccc3c2c1NC(=O)N3c1ccccc1. The van der Waals surface area contributed by atoms with Crippen molar-refractivity contribution >= 4 is 50.6 Å². The van der Waals surface area contributed by atoms with E-state index in [-0.39, 0.29) is 6.03 Å². The Morgan fingerprint density at radius 2 is 2.00 bits per heavy atom. The molecule has 0 fully saturated rings. The number of nitrogens with one attached hydrogen (secondary N) is 1. The Bertz CT molecular complexity index is 920. The zero-order chi connectivity index (χ0) is 15.3. The van der Waals surface area contributed by atoms with Gasteiger partial charge in [0, 0.05) is 6.20 Å². The lowest BCUT2D eigenvalue weighted by molar-refractivity contribution is 0.100. The molecule has 0 atom stereocenters. The van der Waals surface area contributed by atoms with Gasteiger partial charge in [0.2, 0.25) is 0 Å². The highest BCUT2D eigenvalue weighted by Crippen LogP contribution is 2.45. The molecule has 0 saturated heterocycles. The number of primary amides is 1. The molecule has 1 aliphatic rings. The van der Waals surface area contributed by atoms with Crippen LogP contribution in [-0.2, 0) is 0 Å². The minimum atomic E-state index is -0.572. The summed E-state index contributed by atoms with van der Waals surface area (Å²) in [4.78, 5) is 30.9. The highest BCUT2D eigenvalue weighted by molar-refractivity contribution is 7.21. The fourth-order valence-corrected chi connectivity index (χ4v) is 3.56. The average molecular weight is 310 g/mol. The number of urea groups is 1. The number of rotatable bonds is 2. The monoisotopic (exact) mass is 310 g/mol. The third kappa shape index (κ3) is 1.69. The van der Waals surface area contributed by atoms with E-state index in [9.17, 15) is 9.59 Å². The van der Waals surface area contributed by atoms with Crippen molar-refractivity contribution in [2.75, 3.05) is 10.2 Å². The second-order valence-electron chi connectivity index (χ2n) is 4.78. The summed E-state index contributed by atoms with van der Waals surface area (Å²) in [5, 5.41) is 3.50. The first-order valence-electron chi connectivity index (χ1n) is 6.54. The van der Waals surface area contributed by atoms with Gasteiger partial charge in [-0.15, -0.1) is 11.3 Å². The van der Waals surface area contributed by atoms with Gasteiger partial charge in [0.25, 0.3) is 5.91 Å². The molecule has 3 aromatic rings. The van der Waals surface area contributed by atoms with Crippen molar-refractivity contribution < 1.29 is 9.59 Å². The summed E-state index contributed by atoms with van der Waals surface area (Å²) in [5.41, 5.74) is 7.28. The second-order valence-corrected chi connectivity index (χ2v) is 5.78. The molecule has 1 aromatic carbocycles. The van der Waals surface area contributed by atoms with E-state index in [2.05, 4.69) is 10.3 Å². The van der Waals surface area contributed by atoms with Crippen LogP contribution in [0.4, 0.5) is 21.9 Å². The molecular formula is C15H10N4O2S. The number of anilines is 3. The summed E-state index contributed by atoms with van der Waals surface area (Å²) in [7, 11) is 0. The maximum Gasteiger partial charge on any atom is 0.331 e. The molecule has 0 unspecified atom stereocenters. The van der Waals surface area contributed by atoms with Crippen LogP contribution in [-0.4, -0.2) is 16.9 Å². The predicted molar refractivity (Wildman–Crippen MR) is 85.7 cm³/mol. The van der Waals surface area contributed by atoms with Crippen LogP contribution < -0.4 is 16.0 Å². The molecule has 6 nitrogen and oxygen atoms in total. The van der Waals surface area contributed by atoms with Crippen LogP contribution in [0.1, 0.15) is 9.67 Å². The summed E-state index contributed by atoms with van der Waals surface area (Å²) in [6.07, 6.45) is 1.62. The molecule has 4 rings (SSSR count). The summed E-state index contributed by atoms with van der Waals surface area (Å²) >= 11 is 1.18. The van der Waals surface area contributed by atoms with Gasteiger partial charge < -0.3 is 11.1 Å². The van der Waals surface area contributed by atoms with E-state index in [1.54, 1.807) is 17.2 Å². The Labute approximate surface area is 129 Å². The number of aromatic nitrogens is 1. The molecule has 0 saturated carbocycles. The zero-order valence-electron chi connectivity index (χ0n) is 11.2. The minimum Gasteiger partial charge on any atom is -0.365 e. The van der Waals surface area contributed by atoms with E-state index in [1.165, 1.54) is 11.3 Å². The Morgan fingerprint density at radius 3 is 2.73 bits per heavy atom. The van der Waals surface area contributed by atoms with E-state index < -0.39 is 5.91 Å². The number of nitrogens with two attached hydrogens (primary N) is 1. The number of para-hydroxylation sites is 1. The van der Waals surface area contributed by atoms with Crippen LogP contribution in [0.3, 0.4) is 0 Å². The Balaban J connectivity index is 2.03. The first kappa shape index (κ1) is 12.8. The number of hydrogen-bond acceptors (Lipinski definition) is 4. The lowest BCUT2D eigenvalue weighted by Crippen LogP contribution is -2.34. The van der Waals surface area contributed by atoms with Gasteiger partial charge in [0.1, 0.15) is 9.71 Å². The molecule has 0 radical (unpaired) electrons. The summed E-state index contributed by atoms with van der Waals surface area (Å²) in [6.45, 7) is 0. The molecule has 0 aliphatic carbocycles. The zero-order valence-corrected chi connectivity index (χ0v) is 12.1. The number of amides is 3. The first-order chi connectivity index (χ1) is 10.7. The summed E-state index contributed by atoms with van der Waals surface area (Å²) < 4.78 is 0. The Kier molecular flexibility index (Phi) is 2.64. The van der Waals surface area contributed by atoms with Crippen LogP contribution in [0.15, 0.2) is 42.6 Å². The van der Waals surface area contributed by atoms with E-state index in [0.29, 0.717) is 21.1 Å². The molecule has 0 bridgehead atoms. The van der Waals surface area contributed by atoms with Crippen LogP contribution in [0.2, 0.25) is 0 Å². The molecule has 2 aromatic heterocycles. The maximum absolute atomic E-state index is 12.5. The fraction of sp³-hybridized carbons (Fsp3) is 0. The number of carbonyl (C=O) groups excluding carboxylic acids is 2. The third-order valence-electron chi connectivity index (χ3n) is 3.48. The third-order valence-corrected chi connectivity index (χ3v) is 4.60. The quantitative estimate of drug-likeness (QED) is 0.762. The first-order valence-corrected chi connectivity index (χ1v) is 7.36. The van der Waals surface area contributed by atoms with Gasteiger partial charge in [-0.1, -0.05) is 18.2 Å². The number of thiophene rings is 1. The van der Waals surface area contributed by atoms with Crippen molar-refractivity contribution in [3.05, 3.63) is 47.5 Å². The highest BCUT2D eigenvalue weighted by atomic mass is 32.1. The molecule has 3 amide bonds. The largest absolute Gasteiger partial charge is 0.365 e. The van der Waals surface area contributed by atoms with Gasteiger partial charge in [-0.05, 0) is 18.2 Å². The van der Waals surface area contributed by atoms with E-state index in [4.69, 9.17) is 5.73 Å². The van der Waals surface area contributed by atoms with Crippen molar-refractivity contribution in [2.45, 2.75) is 0 Å². The number of hydrogen-bond donors (Lipinski definition) is 2. The standard InChI is InChI=1S/C15H10N4O2S/c16-13(20)12-11-10-9(6-7-17-14(10)22-12)19(15(21)18-11)8-4-2-1-3-5-8/h1-7H,(H2,16,20)(H,18,21). The number of benzene rings is 1. The molecular weight excluding hydrogens is 300 g/mol. The average Bonchev–Trinajstić information content (AvgIpc) is 2.89. The van der Waals surface area contributed by atoms with Gasteiger partial charge in [-0.2, -0.15) is 0 Å². The molecule has 0 spiro atoms. The van der Waals surface area contributed by atoms with Crippen molar-refractivity contribution in [3.63, 3.8) is 0 Å². The maximum atomic E-state index is 12.5. The molecule has 22 heavy (non-hydrogen) atoms. The van der Waals surface area contributed by atoms with Crippen LogP contribution in [0.25, 0.3) is 10.2 Å². The van der Waals surface area contributed by atoms with Gasteiger partial charge in [0.15, 0.2) is 0 Å². The topological polar surface area (TPSA) is 88.3 Å².